The van der Waals surface area contributed by atoms with Crippen LogP contribution in [0.15, 0.2) is 53.4 Å². The van der Waals surface area contributed by atoms with E-state index in [0.29, 0.717) is 11.9 Å². The molecule has 0 fully saturated rings. The van der Waals surface area contributed by atoms with Crippen molar-refractivity contribution in [3.63, 3.8) is 0 Å². The Bertz CT molecular complexity index is 511. The fourth-order valence-electron chi connectivity index (χ4n) is 2.08. The molecule has 92 valence electrons. The average Bonchev–Trinajstić information content (AvgIpc) is 2.81. The predicted molar refractivity (Wildman–Crippen MR) is 73.4 cm³/mol. The molecule has 0 radical (unpaired) electrons. The third-order valence-corrected chi connectivity index (χ3v) is 4.27. The first kappa shape index (κ1) is 11.5. The first-order chi connectivity index (χ1) is 8.81. The summed E-state index contributed by atoms with van der Waals surface area (Å²) in [6.45, 7) is 0.699. The third-order valence-electron chi connectivity index (χ3n) is 2.99. The minimum atomic E-state index is 0.269. The van der Waals surface area contributed by atoms with Gasteiger partial charge in [0.2, 0.25) is 0 Å². The van der Waals surface area contributed by atoms with Gasteiger partial charge in [-0.15, -0.1) is 11.8 Å². The fourth-order valence-corrected chi connectivity index (χ4v) is 3.30. The van der Waals surface area contributed by atoms with Crippen molar-refractivity contribution in [3.05, 3.63) is 54.1 Å². The second-order valence-electron chi connectivity index (χ2n) is 4.36. The Morgan fingerprint density at radius 1 is 1.11 bits per heavy atom. The summed E-state index contributed by atoms with van der Waals surface area (Å²) in [5.74, 6) is 1.08. The van der Waals surface area contributed by atoms with E-state index in [1.807, 2.05) is 11.8 Å². The zero-order valence-electron chi connectivity index (χ0n) is 9.87. The topological polar surface area (TPSA) is 29.5 Å². The van der Waals surface area contributed by atoms with Gasteiger partial charge < -0.3 is 9.84 Å². The molecule has 1 aliphatic heterocycles. The summed E-state index contributed by atoms with van der Waals surface area (Å²) >= 11 is 1.88. The van der Waals surface area contributed by atoms with Crippen LogP contribution in [0, 0.1) is 0 Å². The molecular weight excluding hydrogens is 244 g/mol. The van der Waals surface area contributed by atoms with Gasteiger partial charge in [0.25, 0.3) is 0 Å². The van der Waals surface area contributed by atoms with E-state index in [-0.39, 0.29) is 5.75 Å². The van der Waals surface area contributed by atoms with Crippen LogP contribution in [-0.2, 0) is 6.42 Å². The van der Waals surface area contributed by atoms with E-state index < -0.39 is 0 Å². The Morgan fingerprint density at radius 2 is 1.89 bits per heavy atom. The molecular formula is C15H14O2S. The van der Waals surface area contributed by atoms with Gasteiger partial charge in [0.1, 0.15) is 18.1 Å². The molecule has 0 spiro atoms. The molecule has 3 heteroatoms. The molecule has 18 heavy (non-hydrogen) atoms. The van der Waals surface area contributed by atoms with Crippen molar-refractivity contribution in [3.8, 4) is 11.5 Å². The quantitative estimate of drug-likeness (QED) is 0.914. The van der Waals surface area contributed by atoms with Gasteiger partial charge >= 0.3 is 0 Å². The van der Waals surface area contributed by atoms with Crippen molar-refractivity contribution in [2.45, 2.75) is 16.6 Å². The van der Waals surface area contributed by atoms with Crippen LogP contribution in [0.4, 0.5) is 0 Å². The Morgan fingerprint density at radius 3 is 2.67 bits per heavy atom. The van der Waals surface area contributed by atoms with Gasteiger partial charge in [0.15, 0.2) is 0 Å². The largest absolute Gasteiger partial charge is 0.508 e. The second kappa shape index (κ2) is 4.94. The van der Waals surface area contributed by atoms with Crippen molar-refractivity contribution >= 4 is 11.8 Å². The van der Waals surface area contributed by atoms with Crippen molar-refractivity contribution in [2.24, 2.45) is 0 Å². The molecule has 0 amide bonds. The number of hydrogen-bond donors (Lipinski definition) is 1. The van der Waals surface area contributed by atoms with E-state index in [0.717, 1.165) is 12.2 Å². The Hall–Kier alpha value is -1.61. The maximum Gasteiger partial charge on any atom is 0.119 e. The minimum absolute atomic E-state index is 0.269. The van der Waals surface area contributed by atoms with Crippen LogP contribution in [0.5, 0.6) is 11.5 Å². The van der Waals surface area contributed by atoms with Gasteiger partial charge in [0.05, 0.1) is 0 Å². The summed E-state index contributed by atoms with van der Waals surface area (Å²) in [4.78, 5) is 1.37. The summed E-state index contributed by atoms with van der Waals surface area (Å²) in [5.41, 5.74) is 1.42. The highest BCUT2D eigenvalue weighted by atomic mass is 32.2. The van der Waals surface area contributed by atoms with Crippen LogP contribution in [0.2, 0.25) is 0 Å². The number of hydrogen-bond acceptors (Lipinski definition) is 3. The van der Waals surface area contributed by atoms with E-state index in [4.69, 9.17) is 4.74 Å². The molecule has 2 aromatic carbocycles. The van der Waals surface area contributed by atoms with Crippen LogP contribution in [0.25, 0.3) is 0 Å². The molecule has 0 aliphatic carbocycles. The molecule has 1 unspecified atom stereocenters. The number of phenolic OH excluding ortho intramolecular Hbond substituents is 1. The van der Waals surface area contributed by atoms with Crippen LogP contribution < -0.4 is 4.74 Å². The van der Waals surface area contributed by atoms with Gasteiger partial charge in [-0.2, -0.15) is 0 Å². The lowest BCUT2D eigenvalue weighted by atomic mass is 10.1. The Labute approximate surface area is 111 Å². The van der Waals surface area contributed by atoms with E-state index >= 15 is 0 Å². The number of phenols is 1. The molecule has 0 saturated heterocycles. The van der Waals surface area contributed by atoms with Gasteiger partial charge in [-0.05, 0) is 42.3 Å². The highest BCUT2D eigenvalue weighted by molar-refractivity contribution is 8.00. The number of thioether (sulfide) groups is 1. The van der Waals surface area contributed by atoms with Crippen LogP contribution >= 0.6 is 11.8 Å². The zero-order chi connectivity index (χ0) is 12.4. The molecule has 1 atom stereocenters. The molecule has 0 bridgehead atoms. The monoisotopic (exact) mass is 258 g/mol. The van der Waals surface area contributed by atoms with E-state index in [9.17, 15) is 5.11 Å². The highest BCUT2D eigenvalue weighted by Crippen LogP contribution is 2.36. The summed E-state index contributed by atoms with van der Waals surface area (Å²) < 4.78 is 5.74. The standard InChI is InChI=1S/C15H14O2S/c16-12-5-7-13(8-6-12)17-10-14-9-11-3-1-2-4-15(11)18-14/h1-8,14,16H,9-10H2. The van der Waals surface area contributed by atoms with Crippen LogP contribution in [-0.4, -0.2) is 17.0 Å². The van der Waals surface area contributed by atoms with Crippen molar-refractivity contribution in [1.82, 2.24) is 0 Å². The van der Waals surface area contributed by atoms with Crippen LogP contribution in [0.3, 0.4) is 0 Å². The Kier molecular flexibility index (Phi) is 3.15. The number of ether oxygens (including phenoxy) is 1. The molecule has 3 rings (SSSR count). The molecule has 2 aromatic rings. The summed E-state index contributed by atoms with van der Waals surface area (Å²) in [7, 11) is 0. The van der Waals surface area contributed by atoms with E-state index in [2.05, 4.69) is 24.3 Å². The van der Waals surface area contributed by atoms with E-state index in [1.54, 1.807) is 24.3 Å². The van der Waals surface area contributed by atoms with Crippen LogP contribution in [0.1, 0.15) is 5.56 Å². The van der Waals surface area contributed by atoms with E-state index in [1.165, 1.54) is 10.5 Å². The average molecular weight is 258 g/mol. The lowest BCUT2D eigenvalue weighted by molar-refractivity contribution is 0.317. The molecule has 1 N–H and O–H groups in total. The van der Waals surface area contributed by atoms with Crippen molar-refractivity contribution in [1.29, 1.82) is 0 Å². The SMILES string of the molecule is Oc1ccc(OCC2Cc3ccccc3S2)cc1. The third kappa shape index (κ3) is 2.46. The van der Waals surface area contributed by atoms with Crippen molar-refractivity contribution < 1.29 is 9.84 Å². The smallest absolute Gasteiger partial charge is 0.119 e. The molecule has 2 nitrogen and oxygen atoms in total. The molecule has 1 aliphatic rings. The first-order valence-corrected chi connectivity index (χ1v) is 6.85. The predicted octanol–water partition coefficient (Wildman–Crippen LogP) is 3.49. The molecule has 1 heterocycles. The minimum Gasteiger partial charge on any atom is -0.508 e. The van der Waals surface area contributed by atoms with Gasteiger partial charge in [-0.25, -0.2) is 0 Å². The normalized spacial score (nSPS) is 17.4. The van der Waals surface area contributed by atoms with Gasteiger partial charge in [-0.3, -0.25) is 0 Å². The van der Waals surface area contributed by atoms with Crippen molar-refractivity contribution in [2.75, 3.05) is 6.61 Å². The number of aromatic hydroxyl groups is 1. The lowest BCUT2D eigenvalue weighted by Gasteiger charge is -2.10. The summed E-state index contributed by atoms with van der Waals surface area (Å²) in [6, 6.07) is 15.4. The van der Waals surface area contributed by atoms with Gasteiger partial charge in [0, 0.05) is 10.1 Å². The first-order valence-electron chi connectivity index (χ1n) is 5.97. The summed E-state index contributed by atoms with van der Waals surface area (Å²) in [6.07, 6.45) is 1.07. The second-order valence-corrected chi connectivity index (χ2v) is 5.70. The summed E-state index contributed by atoms with van der Waals surface area (Å²) in [5, 5.41) is 9.68. The maximum absolute atomic E-state index is 9.20. The molecule has 0 saturated carbocycles. The zero-order valence-corrected chi connectivity index (χ0v) is 10.7. The maximum atomic E-state index is 9.20. The molecule has 0 aromatic heterocycles. The highest BCUT2D eigenvalue weighted by Gasteiger charge is 2.22. The van der Waals surface area contributed by atoms with Gasteiger partial charge in [-0.1, -0.05) is 18.2 Å². The number of fused-ring (bicyclic) bond motifs is 1. The lowest BCUT2D eigenvalue weighted by Crippen LogP contribution is -2.13. The number of rotatable bonds is 3. The number of benzene rings is 2. The fraction of sp³-hybridized carbons (Fsp3) is 0.200. The Balaban J connectivity index is 1.58.